The van der Waals surface area contributed by atoms with E-state index in [-0.39, 0.29) is 5.92 Å². The second kappa shape index (κ2) is 3.38. The number of nitrogens with zero attached hydrogens (tertiary/aromatic N) is 2. The lowest BCUT2D eigenvalue weighted by Crippen LogP contribution is -1.96. The lowest BCUT2D eigenvalue weighted by atomic mass is 9.95. The van der Waals surface area contributed by atoms with Crippen LogP contribution in [-0.4, -0.2) is 4.57 Å². The molecule has 3 rings (SSSR count). The Morgan fingerprint density at radius 3 is 2.81 bits per heavy atom. The van der Waals surface area contributed by atoms with E-state index in [9.17, 15) is 5.26 Å². The molecule has 1 unspecified atom stereocenters. The van der Waals surface area contributed by atoms with Crippen LogP contribution in [0.3, 0.4) is 0 Å². The van der Waals surface area contributed by atoms with Gasteiger partial charge in [0.1, 0.15) is 0 Å². The van der Waals surface area contributed by atoms with Crippen LogP contribution in [0.2, 0.25) is 0 Å². The van der Waals surface area contributed by atoms with Crippen LogP contribution >= 0.6 is 0 Å². The molecule has 1 saturated carbocycles. The number of rotatable bonds is 2. The van der Waals surface area contributed by atoms with Crippen molar-refractivity contribution < 1.29 is 0 Å². The molecule has 0 amide bonds. The highest BCUT2D eigenvalue weighted by atomic mass is 14.9. The molecule has 80 valence electrons. The zero-order valence-electron chi connectivity index (χ0n) is 9.35. The first-order chi connectivity index (χ1) is 7.81. The molecule has 1 heterocycles. The van der Waals surface area contributed by atoms with Gasteiger partial charge in [0.15, 0.2) is 0 Å². The number of fused-ring (bicyclic) bond motifs is 1. The minimum absolute atomic E-state index is 0.0890. The maximum absolute atomic E-state index is 9.30. The van der Waals surface area contributed by atoms with Crippen molar-refractivity contribution >= 4 is 10.9 Å². The zero-order valence-corrected chi connectivity index (χ0v) is 9.35. The second-order valence-corrected chi connectivity index (χ2v) is 4.66. The van der Waals surface area contributed by atoms with Crippen molar-refractivity contribution in [3.63, 3.8) is 0 Å². The molecule has 1 aromatic carbocycles. The molecule has 1 atom stereocenters. The molecule has 1 fully saturated rings. The normalized spacial score (nSPS) is 17.2. The van der Waals surface area contributed by atoms with E-state index >= 15 is 0 Å². The van der Waals surface area contributed by atoms with Gasteiger partial charge in [-0.1, -0.05) is 18.2 Å². The number of benzene rings is 1. The topological polar surface area (TPSA) is 28.7 Å². The van der Waals surface area contributed by atoms with E-state index in [4.69, 9.17) is 0 Å². The summed E-state index contributed by atoms with van der Waals surface area (Å²) in [6.07, 6.45) is 4.54. The van der Waals surface area contributed by atoms with Gasteiger partial charge in [0.05, 0.1) is 12.0 Å². The first-order valence-corrected chi connectivity index (χ1v) is 5.75. The minimum atomic E-state index is 0.0890. The lowest BCUT2D eigenvalue weighted by molar-refractivity contribution is 0.741. The summed E-state index contributed by atoms with van der Waals surface area (Å²) in [6.45, 7) is 0. The molecule has 16 heavy (non-hydrogen) atoms. The standard InChI is InChI=1S/C14H14N2/c1-16-9-13(12(8-15)10-6-7-10)11-4-2-3-5-14(11)16/h2-5,9-10,12H,6-7H2,1H3. The number of aryl methyl sites for hydroxylation is 1. The highest BCUT2D eigenvalue weighted by Crippen LogP contribution is 2.44. The molecule has 0 N–H and O–H groups in total. The molecule has 1 aromatic heterocycles. The third-order valence-electron chi connectivity index (χ3n) is 3.50. The van der Waals surface area contributed by atoms with Crippen molar-refractivity contribution in [2.24, 2.45) is 13.0 Å². The van der Waals surface area contributed by atoms with E-state index in [0.717, 1.165) is 0 Å². The lowest BCUT2D eigenvalue weighted by Gasteiger charge is -2.04. The average Bonchev–Trinajstić information content (AvgIpc) is 3.08. The molecule has 2 aromatic rings. The Bertz CT molecular complexity index is 570. The van der Waals surface area contributed by atoms with Gasteiger partial charge in [-0.25, -0.2) is 0 Å². The van der Waals surface area contributed by atoms with Gasteiger partial charge in [-0.2, -0.15) is 5.26 Å². The first kappa shape index (κ1) is 9.47. The highest BCUT2D eigenvalue weighted by molar-refractivity contribution is 5.84. The summed E-state index contributed by atoms with van der Waals surface area (Å²) in [7, 11) is 2.05. The average molecular weight is 210 g/mol. The number of nitriles is 1. The predicted molar refractivity (Wildman–Crippen MR) is 64.0 cm³/mol. The number of hydrogen-bond acceptors (Lipinski definition) is 1. The highest BCUT2D eigenvalue weighted by Gasteiger charge is 2.33. The van der Waals surface area contributed by atoms with Crippen molar-refractivity contribution in [1.29, 1.82) is 5.26 Å². The van der Waals surface area contributed by atoms with E-state index in [0.29, 0.717) is 5.92 Å². The van der Waals surface area contributed by atoms with Gasteiger partial charge in [0.2, 0.25) is 0 Å². The van der Waals surface area contributed by atoms with E-state index < -0.39 is 0 Å². The fourth-order valence-electron chi connectivity index (χ4n) is 2.48. The zero-order chi connectivity index (χ0) is 11.1. The van der Waals surface area contributed by atoms with Crippen molar-refractivity contribution in [2.75, 3.05) is 0 Å². The number of hydrogen-bond donors (Lipinski definition) is 0. The van der Waals surface area contributed by atoms with Crippen molar-refractivity contribution in [1.82, 2.24) is 4.57 Å². The van der Waals surface area contributed by atoms with Crippen LogP contribution in [0, 0.1) is 17.2 Å². The maximum atomic E-state index is 9.30. The van der Waals surface area contributed by atoms with Gasteiger partial charge < -0.3 is 4.57 Å². The summed E-state index contributed by atoms with van der Waals surface area (Å²) in [6, 6.07) is 10.8. The summed E-state index contributed by atoms with van der Waals surface area (Å²) in [5, 5.41) is 10.5. The molecule has 0 radical (unpaired) electrons. The molecule has 2 heteroatoms. The summed E-state index contributed by atoms with van der Waals surface area (Å²) >= 11 is 0. The Hall–Kier alpha value is -1.75. The second-order valence-electron chi connectivity index (χ2n) is 4.66. The maximum Gasteiger partial charge on any atom is 0.0761 e. The smallest absolute Gasteiger partial charge is 0.0761 e. The molecule has 2 nitrogen and oxygen atoms in total. The van der Waals surface area contributed by atoms with Crippen molar-refractivity contribution in [3.05, 3.63) is 36.0 Å². The van der Waals surface area contributed by atoms with Gasteiger partial charge in [-0.15, -0.1) is 0 Å². The van der Waals surface area contributed by atoms with Gasteiger partial charge in [0, 0.05) is 24.1 Å². The van der Waals surface area contributed by atoms with Gasteiger partial charge in [-0.3, -0.25) is 0 Å². The summed E-state index contributed by atoms with van der Waals surface area (Å²) in [5.41, 5.74) is 2.43. The Morgan fingerprint density at radius 2 is 2.12 bits per heavy atom. The minimum Gasteiger partial charge on any atom is -0.350 e. The quantitative estimate of drug-likeness (QED) is 0.748. The Balaban J connectivity index is 2.19. The van der Waals surface area contributed by atoms with Crippen molar-refractivity contribution in [2.45, 2.75) is 18.8 Å². The SMILES string of the molecule is Cn1cc(C(C#N)C2CC2)c2ccccc21. The van der Waals surface area contributed by atoms with Crippen LogP contribution in [0.5, 0.6) is 0 Å². The molecular weight excluding hydrogens is 196 g/mol. The van der Waals surface area contributed by atoms with E-state index in [2.05, 4.69) is 29.0 Å². The van der Waals surface area contributed by atoms with Crippen LogP contribution in [0.15, 0.2) is 30.5 Å². The van der Waals surface area contributed by atoms with Crippen LogP contribution in [0.1, 0.15) is 24.3 Å². The first-order valence-electron chi connectivity index (χ1n) is 5.75. The van der Waals surface area contributed by atoms with Gasteiger partial charge in [0.25, 0.3) is 0 Å². The molecule has 0 aliphatic heterocycles. The van der Waals surface area contributed by atoms with Gasteiger partial charge >= 0.3 is 0 Å². The molecular formula is C14H14N2. The van der Waals surface area contributed by atoms with Gasteiger partial charge in [-0.05, 0) is 30.4 Å². The van der Waals surface area contributed by atoms with E-state index in [1.54, 1.807) is 0 Å². The molecule has 0 spiro atoms. The van der Waals surface area contributed by atoms with Crippen LogP contribution in [0.25, 0.3) is 10.9 Å². The molecule has 1 aliphatic rings. The molecule has 0 bridgehead atoms. The Labute approximate surface area is 95.1 Å². The van der Waals surface area contributed by atoms with Crippen LogP contribution in [-0.2, 0) is 7.05 Å². The third kappa shape index (κ3) is 1.32. The fraction of sp³-hybridized carbons (Fsp3) is 0.357. The largest absolute Gasteiger partial charge is 0.350 e. The number of para-hydroxylation sites is 1. The summed E-state index contributed by atoms with van der Waals surface area (Å²) in [5.74, 6) is 0.682. The molecule has 1 aliphatic carbocycles. The summed E-state index contributed by atoms with van der Waals surface area (Å²) in [4.78, 5) is 0. The van der Waals surface area contributed by atoms with E-state index in [1.807, 2.05) is 19.2 Å². The van der Waals surface area contributed by atoms with Crippen LogP contribution in [0.4, 0.5) is 0 Å². The molecule has 0 saturated heterocycles. The predicted octanol–water partition coefficient (Wildman–Crippen LogP) is 3.20. The van der Waals surface area contributed by atoms with Crippen LogP contribution < -0.4 is 0 Å². The fourth-order valence-corrected chi connectivity index (χ4v) is 2.48. The monoisotopic (exact) mass is 210 g/mol. The number of aromatic nitrogens is 1. The third-order valence-corrected chi connectivity index (χ3v) is 3.50. The van der Waals surface area contributed by atoms with E-state index in [1.165, 1.54) is 29.3 Å². The Kier molecular flexibility index (Phi) is 2.00. The summed E-state index contributed by atoms with van der Waals surface area (Å²) < 4.78 is 2.12. The Morgan fingerprint density at radius 1 is 1.38 bits per heavy atom. The van der Waals surface area contributed by atoms with Crippen molar-refractivity contribution in [3.8, 4) is 6.07 Å².